The number of hydrogen-bond acceptors (Lipinski definition) is 5. The minimum absolute atomic E-state index is 0.0950. The van der Waals surface area contributed by atoms with E-state index in [4.69, 9.17) is 9.47 Å². The number of allylic oxidation sites excluding steroid dienone is 1. The van der Waals surface area contributed by atoms with Crippen molar-refractivity contribution in [2.45, 2.75) is 43.2 Å². The molecule has 6 heteroatoms. The van der Waals surface area contributed by atoms with Crippen LogP contribution in [0.1, 0.15) is 32.1 Å². The highest BCUT2D eigenvalue weighted by Crippen LogP contribution is 2.71. The first kappa shape index (κ1) is 13.3. The Balaban J connectivity index is 1.81. The molecule has 2 aliphatic carbocycles. The predicted octanol–water partition coefficient (Wildman–Crippen LogP) is 0.866. The lowest BCUT2D eigenvalue weighted by molar-refractivity contribution is -0.206. The molecule has 2 spiro atoms. The van der Waals surface area contributed by atoms with Crippen molar-refractivity contribution in [2.75, 3.05) is 13.7 Å². The molecule has 0 aromatic heterocycles. The molecule has 0 radical (unpaired) electrons. The number of β-lactam (4-membered cyclic amide) rings is 1. The highest BCUT2D eigenvalue weighted by Gasteiger charge is 2.89. The zero-order chi connectivity index (χ0) is 16.0. The van der Waals surface area contributed by atoms with Crippen LogP contribution in [0.2, 0.25) is 0 Å². The number of ether oxygens (including phenoxy) is 2. The summed E-state index contributed by atoms with van der Waals surface area (Å²) in [4.78, 5) is 39.6. The van der Waals surface area contributed by atoms with E-state index in [0.717, 1.165) is 24.8 Å². The molecule has 3 saturated heterocycles. The summed E-state index contributed by atoms with van der Waals surface area (Å²) in [5, 5.41) is 0. The zero-order valence-corrected chi connectivity index (χ0v) is 12.9. The summed E-state index contributed by atoms with van der Waals surface area (Å²) in [5.41, 5.74) is -1.93. The zero-order valence-electron chi connectivity index (χ0n) is 12.9. The molecule has 5 aliphatic rings. The molecule has 0 N–H and O–H groups in total. The average molecular weight is 315 g/mol. The van der Waals surface area contributed by atoms with Crippen LogP contribution < -0.4 is 0 Å². The first-order valence-corrected chi connectivity index (χ1v) is 8.11. The Kier molecular flexibility index (Phi) is 2.14. The van der Waals surface area contributed by atoms with E-state index >= 15 is 0 Å². The molecule has 3 atom stereocenters. The van der Waals surface area contributed by atoms with Crippen LogP contribution in [0.25, 0.3) is 0 Å². The third-order valence-corrected chi connectivity index (χ3v) is 6.52. The van der Waals surface area contributed by atoms with E-state index in [0.29, 0.717) is 19.4 Å². The van der Waals surface area contributed by atoms with Gasteiger partial charge in [-0.15, -0.1) is 0 Å². The van der Waals surface area contributed by atoms with Gasteiger partial charge in [-0.3, -0.25) is 14.4 Å². The van der Waals surface area contributed by atoms with Crippen molar-refractivity contribution >= 4 is 17.7 Å². The lowest BCUT2D eigenvalue weighted by Gasteiger charge is -2.67. The molecule has 0 bridgehead atoms. The number of piperidine rings is 1. The molecular formula is C17H17NO5. The van der Waals surface area contributed by atoms with Crippen LogP contribution in [0.4, 0.5) is 0 Å². The van der Waals surface area contributed by atoms with Crippen LogP contribution in [-0.2, 0) is 23.9 Å². The number of esters is 1. The van der Waals surface area contributed by atoms with E-state index < -0.39 is 22.5 Å². The Morgan fingerprint density at radius 1 is 1.22 bits per heavy atom. The molecule has 1 amide bonds. The van der Waals surface area contributed by atoms with Crippen LogP contribution in [-0.4, -0.2) is 47.4 Å². The van der Waals surface area contributed by atoms with E-state index in [1.807, 2.05) is 4.90 Å². The summed E-state index contributed by atoms with van der Waals surface area (Å²) >= 11 is 0. The van der Waals surface area contributed by atoms with Crippen molar-refractivity contribution in [1.29, 1.82) is 0 Å². The maximum atomic E-state index is 12.8. The maximum Gasteiger partial charge on any atom is 0.325 e. The number of amides is 1. The lowest BCUT2D eigenvalue weighted by atomic mass is 9.46. The summed E-state index contributed by atoms with van der Waals surface area (Å²) in [6.07, 6.45) is 6.83. The fourth-order valence-electron chi connectivity index (χ4n) is 5.68. The van der Waals surface area contributed by atoms with Gasteiger partial charge in [0.05, 0.1) is 7.11 Å². The number of carbonyl (C=O) groups excluding carboxylic acids is 3. The van der Waals surface area contributed by atoms with Gasteiger partial charge in [-0.1, -0.05) is 12.8 Å². The van der Waals surface area contributed by atoms with Gasteiger partial charge < -0.3 is 14.4 Å². The number of nitrogens with zero attached hydrogens (tertiary/aromatic N) is 1. The Morgan fingerprint density at radius 3 is 2.78 bits per heavy atom. The standard InChI is InChI=1S/C17H17NO5/c1-22-12-9-16-10(8-11(12)19)4-7-18-13(20)15(14(21)23-16)5-2-3-6-17(15,16)18/h8-9H,2-7H2,1H3/t15-,16-,17?/m0/s1. The highest BCUT2D eigenvalue weighted by molar-refractivity contribution is 6.15. The van der Waals surface area contributed by atoms with Crippen LogP contribution >= 0.6 is 0 Å². The molecule has 6 nitrogen and oxygen atoms in total. The first-order valence-electron chi connectivity index (χ1n) is 8.11. The topological polar surface area (TPSA) is 72.9 Å². The van der Waals surface area contributed by atoms with Gasteiger partial charge in [0.1, 0.15) is 5.54 Å². The Labute approximate surface area is 133 Å². The van der Waals surface area contributed by atoms with Gasteiger partial charge in [-0.2, -0.15) is 0 Å². The molecule has 3 heterocycles. The molecule has 0 aromatic carbocycles. The van der Waals surface area contributed by atoms with E-state index in [-0.39, 0.29) is 17.4 Å². The van der Waals surface area contributed by atoms with Gasteiger partial charge in [0.25, 0.3) is 0 Å². The number of rotatable bonds is 1. The van der Waals surface area contributed by atoms with Gasteiger partial charge in [-0.25, -0.2) is 0 Å². The van der Waals surface area contributed by atoms with E-state index in [9.17, 15) is 14.4 Å². The highest BCUT2D eigenvalue weighted by atomic mass is 16.6. The maximum absolute atomic E-state index is 12.8. The van der Waals surface area contributed by atoms with E-state index in [2.05, 4.69) is 0 Å². The second kappa shape index (κ2) is 3.68. The SMILES string of the molecule is COC1=C[C@@]23OC(=O)[C@@]45CCCCC42N(CCC3=CC1=O)C5=O. The van der Waals surface area contributed by atoms with Gasteiger partial charge in [0.15, 0.2) is 16.8 Å². The number of hydrogen-bond donors (Lipinski definition) is 0. The van der Waals surface area contributed by atoms with E-state index in [1.165, 1.54) is 7.11 Å². The van der Waals surface area contributed by atoms with Gasteiger partial charge in [0.2, 0.25) is 11.7 Å². The Morgan fingerprint density at radius 2 is 2.00 bits per heavy atom. The third-order valence-electron chi connectivity index (χ3n) is 6.52. The molecule has 1 saturated carbocycles. The molecule has 5 rings (SSSR count). The van der Waals surface area contributed by atoms with Gasteiger partial charge >= 0.3 is 5.97 Å². The van der Waals surface area contributed by atoms with Crippen molar-refractivity contribution in [2.24, 2.45) is 5.41 Å². The first-order chi connectivity index (χ1) is 11.0. The van der Waals surface area contributed by atoms with Gasteiger partial charge in [0, 0.05) is 12.6 Å². The average Bonchev–Trinajstić information content (AvgIpc) is 2.78. The quantitative estimate of drug-likeness (QED) is 0.408. The molecule has 120 valence electrons. The van der Waals surface area contributed by atoms with Crippen molar-refractivity contribution < 1.29 is 23.9 Å². The smallest absolute Gasteiger partial charge is 0.325 e. The minimum atomic E-state index is -1.06. The fraction of sp³-hybridized carbons (Fsp3) is 0.588. The van der Waals surface area contributed by atoms with E-state index in [1.54, 1.807) is 12.2 Å². The number of carbonyl (C=O) groups is 3. The molecule has 0 aromatic rings. The number of methoxy groups -OCH3 is 1. The largest absolute Gasteiger partial charge is 0.493 e. The normalized spacial score (nSPS) is 43.5. The predicted molar refractivity (Wildman–Crippen MR) is 77.0 cm³/mol. The molecule has 23 heavy (non-hydrogen) atoms. The summed E-state index contributed by atoms with van der Waals surface area (Å²) in [6.45, 7) is 0.550. The van der Waals surface area contributed by atoms with Gasteiger partial charge in [-0.05, 0) is 30.9 Å². The Hall–Kier alpha value is -2.11. The summed E-state index contributed by atoms with van der Waals surface area (Å²) in [5.74, 6) is -0.527. The second-order valence-corrected chi connectivity index (χ2v) is 7.05. The third kappa shape index (κ3) is 1.05. The van der Waals surface area contributed by atoms with Crippen molar-refractivity contribution in [1.82, 2.24) is 4.90 Å². The van der Waals surface area contributed by atoms with Crippen molar-refractivity contribution in [3.05, 3.63) is 23.5 Å². The molecular weight excluding hydrogens is 298 g/mol. The fourth-order valence-corrected chi connectivity index (χ4v) is 5.68. The number of ketones is 1. The lowest BCUT2D eigenvalue weighted by Crippen LogP contribution is -2.85. The van der Waals surface area contributed by atoms with Crippen LogP contribution in [0.5, 0.6) is 0 Å². The summed E-state index contributed by atoms with van der Waals surface area (Å²) in [7, 11) is 1.44. The Bertz CT molecular complexity index is 752. The molecule has 3 aliphatic heterocycles. The van der Waals surface area contributed by atoms with Crippen molar-refractivity contribution in [3.63, 3.8) is 0 Å². The van der Waals surface area contributed by atoms with Crippen LogP contribution in [0, 0.1) is 5.41 Å². The monoisotopic (exact) mass is 315 g/mol. The second-order valence-electron chi connectivity index (χ2n) is 7.05. The molecule has 1 unspecified atom stereocenters. The van der Waals surface area contributed by atoms with Crippen LogP contribution in [0.15, 0.2) is 23.5 Å². The van der Waals surface area contributed by atoms with Crippen LogP contribution in [0.3, 0.4) is 0 Å². The minimum Gasteiger partial charge on any atom is -0.493 e. The molecule has 4 fully saturated rings. The van der Waals surface area contributed by atoms with Crippen molar-refractivity contribution in [3.8, 4) is 0 Å². The summed E-state index contributed by atoms with van der Waals surface area (Å²) in [6, 6.07) is 0. The summed E-state index contributed by atoms with van der Waals surface area (Å²) < 4.78 is 11.1.